The summed E-state index contributed by atoms with van der Waals surface area (Å²) in [5, 5.41) is 9.54. The van der Waals surface area contributed by atoms with E-state index in [1.165, 1.54) is 17.3 Å². The Labute approximate surface area is 209 Å². The molecule has 0 unspecified atom stereocenters. The molecule has 1 heterocycles. The number of thioether (sulfide) groups is 1. The van der Waals surface area contributed by atoms with E-state index in [0.29, 0.717) is 23.2 Å². The van der Waals surface area contributed by atoms with Crippen molar-refractivity contribution in [3.8, 4) is 28.6 Å². The fourth-order valence-electron chi connectivity index (χ4n) is 3.64. The van der Waals surface area contributed by atoms with E-state index < -0.39 is 0 Å². The van der Waals surface area contributed by atoms with Gasteiger partial charge in [-0.2, -0.15) is 0 Å². The molecule has 0 spiro atoms. The number of ether oxygens (including phenoxy) is 2. The summed E-state index contributed by atoms with van der Waals surface area (Å²) >= 11 is 1.38. The van der Waals surface area contributed by atoms with Gasteiger partial charge in [0.1, 0.15) is 0 Å². The van der Waals surface area contributed by atoms with Crippen molar-refractivity contribution in [3.63, 3.8) is 0 Å². The van der Waals surface area contributed by atoms with Crippen LogP contribution in [-0.4, -0.2) is 52.6 Å². The molecule has 1 aromatic heterocycles. The van der Waals surface area contributed by atoms with Gasteiger partial charge in [0, 0.05) is 24.8 Å². The van der Waals surface area contributed by atoms with E-state index in [2.05, 4.69) is 29.3 Å². The third-order valence-electron chi connectivity index (χ3n) is 5.58. The average Bonchev–Trinajstić information content (AvgIpc) is 3.32. The smallest absolute Gasteiger partial charge is 0.233 e. The lowest BCUT2D eigenvalue weighted by Gasteiger charge is -2.18. The van der Waals surface area contributed by atoms with Crippen LogP contribution in [0.2, 0.25) is 0 Å². The Morgan fingerprint density at radius 2 is 1.66 bits per heavy atom. The van der Waals surface area contributed by atoms with Crippen LogP contribution in [0.1, 0.15) is 11.1 Å². The number of rotatable bonds is 9. The topological polar surface area (TPSA) is 69.5 Å². The molecule has 0 aliphatic rings. The van der Waals surface area contributed by atoms with Crippen LogP contribution in [0.15, 0.2) is 78.0 Å². The Hall–Kier alpha value is -3.78. The number of benzene rings is 3. The van der Waals surface area contributed by atoms with Crippen molar-refractivity contribution in [2.24, 2.45) is 0 Å². The highest BCUT2D eigenvalue weighted by Gasteiger charge is 2.19. The molecule has 0 saturated heterocycles. The number of carbonyl (C=O) groups is 1. The summed E-state index contributed by atoms with van der Waals surface area (Å²) in [5.41, 5.74) is 4.04. The molecule has 0 aliphatic carbocycles. The minimum Gasteiger partial charge on any atom is -0.493 e. The first-order valence-corrected chi connectivity index (χ1v) is 12.1. The van der Waals surface area contributed by atoms with E-state index in [-0.39, 0.29) is 11.7 Å². The largest absolute Gasteiger partial charge is 0.493 e. The Kier molecular flexibility index (Phi) is 7.72. The van der Waals surface area contributed by atoms with Crippen molar-refractivity contribution in [1.82, 2.24) is 19.7 Å². The molecule has 0 bridgehead atoms. The molecule has 0 atom stereocenters. The Bertz CT molecular complexity index is 1290. The first-order chi connectivity index (χ1) is 17.0. The zero-order chi connectivity index (χ0) is 24.8. The molecule has 1 amide bonds. The predicted molar refractivity (Wildman–Crippen MR) is 138 cm³/mol. The van der Waals surface area contributed by atoms with Gasteiger partial charge in [0.05, 0.1) is 20.0 Å². The maximum atomic E-state index is 13.0. The summed E-state index contributed by atoms with van der Waals surface area (Å²) in [5.74, 6) is 2.26. The van der Waals surface area contributed by atoms with Crippen LogP contribution in [-0.2, 0) is 11.3 Å². The Balaban J connectivity index is 1.52. The number of nitrogens with zero attached hydrogens (tertiary/aromatic N) is 4. The van der Waals surface area contributed by atoms with Gasteiger partial charge in [-0.1, -0.05) is 65.9 Å². The minimum atomic E-state index is -0.00972. The Morgan fingerprint density at radius 1 is 0.943 bits per heavy atom. The van der Waals surface area contributed by atoms with Crippen LogP contribution in [0.4, 0.5) is 0 Å². The van der Waals surface area contributed by atoms with Crippen LogP contribution in [0.3, 0.4) is 0 Å². The van der Waals surface area contributed by atoms with E-state index in [1.807, 2.05) is 65.2 Å². The molecule has 180 valence electrons. The maximum Gasteiger partial charge on any atom is 0.233 e. The van der Waals surface area contributed by atoms with E-state index >= 15 is 0 Å². The molecule has 35 heavy (non-hydrogen) atoms. The summed E-state index contributed by atoms with van der Waals surface area (Å²) in [6, 6.07) is 23.8. The lowest BCUT2D eigenvalue weighted by Crippen LogP contribution is -2.27. The molecule has 4 aromatic rings. The van der Waals surface area contributed by atoms with Crippen molar-refractivity contribution in [2.75, 3.05) is 27.0 Å². The molecule has 0 fully saturated rings. The van der Waals surface area contributed by atoms with Gasteiger partial charge in [0.25, 0.3) is 0 Å². The molecule has 7 nitrogen and oxygen atoms in total. The van der Waals surface area contributed by atoms with Crippen LogP contribution < -0.4 is 9.47 Å². The first-order valence-electron chi connectivity index (χ1n) is 11.2. The number of aryl methyl sites for hydroxylation is 1. The van der Waals surface area contributed by atoms with Crippen molar-refractivity contribution in [2.45, 2.75) is 18.6 Å². The number of methoxy groups -OCH3 is 2. The first kappa shape index (κ1) is 24.3. The van der Waals surface area contributed by atoms with Gasteiger partial charge in [-0.15, -0.1) is 10.2 Å². The van der Waals surface area contributed by atoms with Crippen molar-refractivity contribution in [1.29, 1.82) is 0 Å². The molecule has 0 saturated carbocycles. The van der Waals surface area contributed by atoms with Gasteiger partial charge in [0.2, 0.25) is 5.91 Å². The summed E-state index contributed by atoms with van der Waals surface area (Å²) in [6.45, 7) is 2.51. The molecular formula is C27H28N4O3S. The quantitative estimate of drug-likeness (QED) is 0.309. The van der Waals surface area contributed by atoms with Gasteiger partial charge in [-0.3, -0.25) is 9.36 Å². The number of carbonyl (C=O) groups excluding carboxylic acids is 1. The van der Waals surface area contributed by atoms with Crippen LogP contribution in [0.5, 0.6) is 11.5 Å². The van der Waals surface area contributed by atoms with Gasteiger partial charge in [-0.05, 0) is 36.8 Å². The maximum absolute atomic E-state index is 13.0. The number of hydrogen-bond donors (Lipinski definition) is 0. The molecule has 0 N–H and O–H groups in total. The van der Waals surface area contributed by atoms with Crippen molar-refractivity contribution in [3.05, 3.63) is 83.9 Å². The second-order valence-electron chi connectivity index (χ2n) is 8.07. The lowest BCUT2D eigenvalue weighted by molar-refractivity contribution is -0.127. The number of aromatic nitrogens is 3. The standard InChI is InChI=1S/C27H28N4O3S/c1-19-10-13-22(14-11-19)31-26(21-8-6-5-7-9-21)28-29-27(31)35-18-25(32)30(2)17-20-12-15-23(33-3)24(16-20)34-4/h5-16H,17-18H2,1-4H3. The van der Waals surface area contributed by atoms with E-state index in [1.54, 1.807) is 26.2 Å². The van der Waals surface area contributed by atoms with Crippen LogP contribution in [0.25, 0.3) is 17.1 Å². The van der Waals surface area contributed by atoms with Crippen LogP contribution in [0, 0.1) is 6.92 Å². The summed E-state index contributed by atoms with van der Waals surface area (Å²) in [7, 11) is 4.99. The second kappa shape index (κ2) is 11.1. The van der Waals surface area contributed by atoms with Gasteiger partial charge < -0.3 is 14.4 Å². The fourth-order valence-corrected chi connectivity index (χ4v) is 4.53. The molecule has 4 rings (SSSR count). The number of amides is 1. The molecular weight excluding hydrogens is 460 g/mol. The molecule has 8 heteroatoms. The predicted octanol–water partition coefficient (Wildman–Crippen LogP) is 5.01. The normalized spacial score (nSPS) is 10.7. The van der Waals surface area contributed by atoms with E-state index in [4.69, 9.17) is 9.47 Å². The zero-order valence-electron chi connectivity index (χ0n) is 20.3. The van der Waals surface area contributed by atoms with Crippen molar-refractivity contribution >= 4 is 17.7 Å². The average molecular weight is 489 g/mol. The fraction of sp³-hybridized carbons (Fsp3) is 0.222. The molecule has 0 radical (unpaired) electrons. The third kappa shape index (κ3) is 5.66. The van der Waals surface area contributed by atoms with Gasteiger partial charge in [0.15, 0.2) is 22.5 Å². The zero-order valence-corrected chi connectivity index (χ0v) is 21.1. The highest BCUT2D eigenvalue weighted by Crippen LogP contribution is 2.29. The van der Waals surface area contributed by atoms with E-state index in [9.17, 15) is 4.79 Å². The lowest BCUT2D eigenvalue weighted by atomic mass is 10.2. The van der Waals surface area contributed by atoms with Gasteiger partial charge in [-0.25, -0.2) is 0 Å². The van der Waals surface area contributed by atoms with Gasteiger partial charge >= 0.3 is 0 Å². The minimum absolute atomic E-state index is 0.00972. The monoisotopic (exact) mass is 488 g/mol. The van der Waals surface area contributed by atoms with Crippen LogP contribution >= 0.6 is 11.8 Å². The summed E-state index contributed by atoms with van der Waals surface area (Å²) in [6.07, 6.45) is 0. The van der Waals surface area contributed by atoms with Crippen molar-refractivity contribution < 1.29 is 14.3 Å². The molecule has 0 aliphatic heterocycles. The summed E-state index contributed by atoms with van der Waals surface area (Å²) < 4.78 is 12.7. The highest BCUT2D eigenvalue weighted by molar-refractivity contribution is 7.99. The summed E-state index contributed by atoms with van der Waals surface area (Å²) in [4.78, 5) is 14.7. The van der Waals surface area contributed by atoms with E-state index in [0.717, 1.165) is 22.6 Å². The highest BCUT2D eigenvalue weighted by atomic mass is 32.2. The SMILES string of the molecule is COc1ccc(CN(C)C(=O)CSc2nnc(-c3ccccc3)n2-c2ccc(C)cc2)cc1OC. The third-order valence-corrected chi connectivity index (χ3v) is 6.49. The number of hydrogen-bond acceptors (Lipinski definition) is 6. The Morgan fingerprint density at radius 3 is 2.34 bits per heavy atom. The second-order valence-corrected chi connectivity index (χ2v) is 9.01. The molecule has 3 aromatic carbocycles.